The first kappa shape index (κ1) is 30.4. The van der Waals surface area contributed by atoms with Crippen LogP contribution in [0.25, 0.3) is 65.7 Å². The molecule has 1 heteroatoms. The Balaban J connectivity index is 1.18. The Hall–Kier alpha value is -6.44. The number of hydrogen-bond donors (Lipinski definition) is 0. The SMILES string of the molecule is CC1(C)c2ccccc2-c2ccc(N(c3ccc(-c4cc5ccccc5c5ccc6ccccc6c45)cc3)c3ccccc3-c3ccccc3)cc21. The summed E-state index contributed by atoms with van der Waals surface area (Å²) in [5, 5.41) is 7.67. The fourth-order valence-corrected chi connectivity index (χ4v) is 8.69. The second-order valence-corrected chi connectivity index (χ2v) is 14.5. The van der Waals surface area contributed by atoms with Crippen LogP contribution in [0.2, 0.25) is 0 Å². The van der Waals surface area contributed by atoms with Crippen LogP contribution in [0.1, 0.15) is 25.0 Å². The third-order valence-corrected chi connectivity index (χ3v) is 11.2. The molecule has 0 fully saturated rings. The van der Waals surface area contributed by atoms with E-state index in [2.05, 4.69) is 207 Å². The van der Waals surface area contributed by atoms with Gasteiger partial charge >= 0.3 is 0 Å². The molecule has 0 N–H and O–H groups in total. The van der Waals surface area contributed by atoms with E-state index in [-0.39, 0.29) is 5.41 Å². The maximum atomic E-state index is 2.44. The van der Waals surface area contributed by atoms with Crippen LogP contribution in [0.4, 0.5) is 17.1 Å². The first-order valence-corrected chi connectivity index (χ1v) is 18.2. The van der Waals surface area contributed by atoms with Crippen molar-refractivity contribution in [2.45, 2.75) is 19.3 Å². The van der Waals surface area contributed by atoms with Crippen molar-refractivity contribution in [2.75, 3.05) is 4.90 Å². The fraction of sp³-hybridized carbons (Fsp3) is 0.0588. The zero-order valence-corrected chi connectivity index (χ0v) is 29.3. The highest BCUT2D eigenvalue weighted by Gasteiger charge is 2.35. The van der Waals surface area contributed by atoms with Crippen LogP contribution in [0, 0.1) is 0 Å². The molecule has 0 saturated carbocycles. The summed E-state index contributed by atoms with van der Waals surface area (Å²) >= 11 is 0. The van der Waals surface area contributed by atoms with Crippen LogP contribution in [0.3, 0.4) is 0 Å². The summed E-state index contributed by atoms with van der Waals surface area (Å²) in [5.41, 5.74) is 13.6. The maximum absolute atomic E-state index is 2.44. The van der Waals surface area contributed by atoms with E-state index in [4.69, 9.17) is 0 Å². The molecule has 52 heavy (non-hydrogen) atoms. The van der Waals surface area contributed by atoms with Gasteiger partial charge in [-0.25, -0.2) is 0 Å². The van der Waals surface area contributed by atoms with Gasteiger partial charge < -0.3 is 4.90 Å². The summed E-state index contributed by atoms with van der Waals surface area (Å²) in [6.45, 7) is 4.71. The van der Waals surface area contributed by atoms with Crippen molar-refractivity contribution in [3.8, 4) is 33.4 Å². The summed E-state index contributed by atoms with van der Waals surface area (Å²) in [6, 6.07) is 69.2. The van der Waals surface area contributed by atoms with Crippen molar-refractivity contribution >= 4 is 49.4 Å². The maximum Gasteiger partial charge on any atom is 0.0540 e. The highest BCUT2D eigenvalue weighted by molar-refractivity contribution is 6.23. The van der Waals surface area contributed by atoms with Gasteiger partial charge in [0, 0.05) is 22.4 Å². The average molecular weight is 664 g/mol. The quantitative estimate of drug-likeness (QED) is 0.166. The number of fused-ring (bicyclic) bond motifs is 8. The van der Waals surface area contributed by atoms with Gasteiger partial charge in [-0.2, -0.15) is 0 Å². The smallest absolute Gasteiger partial charge is 0.0540 e. The molecule has 0 radical (unpaired) electrons. The molecule has 9 aromatic rings. The molecule has 10 rings (SSSR count). The number of anilines is 3. The monoisotopic (exact) mass is 663 g/mol. The van der Waals surface area contributed by atoms with Crippen molar-refractivity contribution in [1.82, 2.24) is 0 Å². The summed E-state index contributed by atoms with van der Waals surface area (Å²) in [6.07, 6.45) is 0. The van der Waals surface area contributed by atoms with E-state index in [9.17, 15) is 0 Å². The largest absolute Gasteiger partial charge is 0.310 e. The first-order chi connectivity index (χ1) is 25.6. The lowest BCUT2D eigenvalue weighted by molar-refractivity contribution is 0.660. The summed E-state index contributed by atoms with van der Waals surface area (Å²) in [7, 11) is 0. The molecule has 0 bridgehead atoms. The lowest BCUT2D eigenvalue weighted by atomic mass is 9.82. The van der Waals surface area contributed by atoms with E-state index in [0.717, 1.165) is 17.1 Å². The molecule has 0 amide bonds. The molecular formula is C51H37N. The molecule has 0 unspecified atom stereocenters. The van der Waals surface area contributed by atoms with Crippen LogP contribution in [0.15, 0.2) is 188 Å². The molecule has 1 aliphatic carbocycles. The van der Waals surface area contributed by atoms with Gasteiger partial charge in [0.25, 0.3) is 0 Å². The minimum atomic E-state index is -0.101. The van der Waals surface area contributed by atoms with Crippen LogP contribution in [-0.4, -0.2) is 0 Å². The topological polar surface area (TPSA) is 3.24 Å². The van der Waals surface area contributed by atoms with E-state index < -0.39 is 0 Å². The predicted molar refractivity (Wildman–Crippen MR) is 222 cm³/mol. The average Bonchev–Trinajstić information content (AvgIpc) is 3.43. The van der Waals surface area contributed by atoms with Gasteiger partial charge in [0.2, 0.25) is 0 Å². The van der Waals surface area contributed by atoms with Crippen molar-refractivity contribution < 1.29 is 0 Å². The Morgan fingerprint density at radius 3 is 1.81 bits per heavy atom. The van der Waals surface area contributed by atoms with Crippen LogP contribution in [-0.2, 0) is 5.41 Å². The van der Waals surface area contributed by atoms with E-state index >= 15 is 0 Å². The second-order valence-electron chi connectivity index (χ2n) is 14.5. The number of rotatable bonds is 5. The number of benzene rings is 9. The molecule has 9 aromatic carbocycles. The Kier molecular flexibility index (Phi) is 6.91. The van der Waals surface area contributed by atoms with Gasteiger partial charge in [0.15, 0.2) is 0 Å². The van der Waals surface area contributed by atoms with Crippen molar-refractivity contribution in [3.05, 3.63) is 199 Å². The third kappa shape index (κ3) is 4.70. The van der Waals surface area contributed by atoms with Gasteiger partial charge in [0.05, 0.1) is 5.69 Å². The molecule has 0 atom stereocenters. The number of nitrogens with zero attached hydrogens (tertiary/aromatic N) is 1. The predicted octanol–water partition coefficient (Wildman–Crippen LogP) is 14.3. The molecule has 0 saturated heterocycles. The molecule has 1 nitrogen and oxygen atoms in total. The molecule has 246 valence electrons. The van der Waals surface area contributed by atoms with Gasteiger partial charge in [-0.15, -0.1) is 0 Å². The Labute approximate surface area is 305 Å². The van der Waals surface area contributed by atoms with Crippen LogP contribution in [0.5, 0.6) is 0 Å². The van der Waals surface area contributed by atoms with E-state index in [1.807, 2.05) is 0 Å². The number of para-hydroxylation sites is 1. The van der Waals surface area contributed by atoms with Crippen molar-refractivity contribution in [1.29, 1.82) is 0 Å². The molecule has 0 heterocycles. The minimum absolute atomic E-state index is 0.101. The number of hydrogen-bond acceptors (Lipinski definition) is 1. The molecule has 0 aliphatic heterocycles. The van der Waals surface area contributed by atoms with E-state index in [1.54, 1.807) is 0 Å². The lowest BCUT2D eigenvalue weighted by Crippen LogP contribution is -2.16. The fourth-order valence-electron chi connectivity index (χ4n) is 8.69. The van der Waals surface area contributed by atoms with E-state index in [1.165, 1.54) is 76.8 Å². The molecule has 0 spiro atoms. The van der Waals surface area contributed by atoms with Gasteiger partial charge in [-0.3, -0.25) is 0 Å². The lowest BCUT2D eigenvalue weighted by Gasteiger charge is -2.30. The molecular weight excluding hydrogens is 627 g/mol. The first-order valence-electron chi connectivity index (χ1n) is 18.2. The van der Waals surface area contributed by atoms with Gasteiger partial charge in [-0.1, -0.05) is 166 Å². The van der Waals surface area contributed by atoms with Gasteiger partial charge in [0.1, 0.15) is 0 Å². The van der Waals surface area contributed by atoms with Crippen LogP contribution >= 0.6 is 0 Å². The highest BCUT2D eigenvalue weighted by atomic mass is 15.1. The molecule has 0 aromatic heterocycles. The third-order valence-electron chi connectivity index (χ3n) is 11.2. The van der Waals surface area contributed by atoms with Gasteiger partial charge in [-0.05, 0) is 108 Å². The zero-order chi connectivity index (χ0) is 34.8. The minimum Gasteiger partial charge on any atom is -0.310 e. The highest BCUT2D eigenvalue weighted by Crippen LogP contribution is 2.51. The standard InChI is InChI=1S/C51H37N/c1-51(2)47-22-12-10-21-43(47)44-31-29-39(33-48(44)51)52(49-23-13-11-19-41(49)34-14-4-3-5-15-34)38-27-24-36(25-28-38)46-32-37-17-7-8-18-40(37)45-30-26-35-16-6-9-20-42(35)50(45)46/h3-33H,1-2H3. The molecule has 1 aliphatic rings. The zero-order valence-electron chi connectivity index (χ0n) is 29.3. The van der Waals surface area contributed by atoms with Crippen molar-refractivity contribution in [3.63, 3.8) is 0 Å². The van der Waals surface area contributed by atoms with E-state index in [0.29, 0.717) is 0 Å². The Bertz CT molecular complexity index is 2810. The summed E-state index contributed by atoms with van der Waals surface area (Å²) < 4.78 is 0. The second kappa shape index (κ2) is 11.8. The van der Waals surface area contributed by atoms with Crippen LogP contribution < -0.4 is 4.90 Å². The normalized spacial score (nSPS) is 13.0. The summed E-state index contributed by atoms with van der Waals surface area (Å²) in [5.74, 6) is 0. The Morgan fingerprint density at radius 2 is 0.981 bits per heavy atom. The van der Waals surface area contributed by atoms with Crippen molar-refractivity contribution in [2.24, 2.45) is 0 Å². The summed E-state index contributed by atoms with van der Waals surface area (Å²) in [4.78, 5) is 2.44. The Morgan fingerprint density at radius 1 is 0.365 bits per heavy atom.